The van der Waals surface area contributed by atoms with Gasteiger partial charge in [-0.15, -0.1) is 0 Å². The Labute approximate surface area is 110 Å². The van der Waals surface area contributed by atoms with Crippen molar-refractivity contribution in [3.63, 3.8) is 0 Å². The monoisotopic (exact) mass is 248 g/mol. The van der Waals surface area contributed by atoms with Crippen molar-refractivity contribution < 1.29 is 9.53 Å². The molecule has 0 radical (unpaired) electrons. The Morgan fingerprint density at radius 2 is 1.94 bits per heavy atom. The second-order valence-electron chi connectivity index (χ2n) is 6.72. The van der Waals surface area contributed by atoms with Crippen LogP contribution in [0.25, 0.3) is 0 Å². The second-order valence-corrected chi connectivity index (χ2v) is 6.72. The van der Waals surface area contributed by atoms with E-state index in [1.165, 1.54) is 38.5 Å². The lowest BCUT2D eigenvalue weighted by atomic mass is 9.75. The Kier molecular flexibility index (Phi) is 2.99. The molecule has 0 aromatic carbocycles. The average Bonchev–Trinajstić information content (AvgIpc) is 3.04. The van der Waals surface area contributed by atoms with Gasteiger partial charge >= 0.3 is 5.97 Å². The van der Waals surface area contributed by atoms with Gasteiger partial charge in [0.05, 0.1) is 0 Å². The summed E-state index contributed by atoms with van der Waals surface area (Å²) >= 11 is 0. The lowest BCUT2D eigenvalue weighted by Crippen LogP contribution is -2.42. The maximum absolute atomic E-state index is 11.9. The first-order valence-electron chi connectivity index (χ1n) is 7.49. The number of esters is 1. The van der Waals surface area contributed by atoms with Gasteiger partial charge in [0.1, 0.15) is 5.60 Å². The lowest BCUT2D eigenvalue weighted by Gasteiger charge is -2.39. The SMILES string of the molecule is C=C(C)C(=O)OC1(C2CC3CCC2C3)CCCC1. The van der Waals surface area contributed by atoms with Crippen LogP contribution in [0.3, 0.4) is 0 Å². The highest BCUT2D eigenvalue weighted by atomic mass is 16.6. The zero-order chi connectivity index (χ0) is 12.8. The standard InChI is InChI=1S/C16H24O2/c1-11(2)15(17)18-16(7-3-4-8-16)14-10-12-5-6-13(14)9-12/h12-14H,1,3-10H2,2H3. The molecule has 3 rings (SSSR count). The fraction of sp³-hybridized carbons (Fsp3) is 0.812. The maximum atomic E-state index is 11.9. The fourth-order valence-electron chi connectivity index (χ4n) is 4.68. The third-order valence-corrected chi connectivity index (χ3v) is 5.51. The topological polar surface area (TPSA) is 26.3 Å². The molecule has 3 saturated carbocycles. The Bertz CT molecular complexity index is 365. The van der Waals surface area contributed by atoms with Crippen LogP contribution in [0.5, 0.6) is 0 Å². The van der Waals surface area contributed by atoms with Crippen LogP contribution in [0.15, 0.2) is 12.2 Å². The van der Waals surface area contributed by atoms with Gasteiger partial charge < -0.3 is 4.74 Å². The molecule has 0 heterocycles. The molecule has 0 spiro atoms. The van der Waals surface area contributed by atoms with Gasteiger partial charge in [-0.1, -0.05) is 13.0 Å². The molecule has 3 atom stereocenters. The van der Waals surface area contributed by atoms with E-state index in [0.717, 1.165) is 24.7 Å². The molecule has 3 aliphatic carbocycles. The van der Waals surface area contributed by atoms with Crippen LogP contribution in [0.2, 0.25) is 0 Å². The van der Waals surface area contributed by atoms with Crippen molar-refractivity contribution in [1.82, 2.24) is 0 Å². The van der Waals surface area contributed by atoms with E-state index in [-0.39, 0.29) is 11.6 Å². The number of carbonyl (C=O) groups is 1. The van der Waals surface area contributed by atoms with Gasteiger partial charge in [0.15, 0.2) is 0 Å². The molecule has 0 aliphatic heterocycles. The lowest BCUT2D eigenvalue weighted by molar-refractivity contribution is -0.163. The van der Waals surface area contributed by atoms with Crippen LogP contribution in [0.4, 0.5) is 0 Å². The molecule has 2 bridgehead atoms. The molecule has 0 amide bonds. The minimum Gasteiger partial charge on any atom is -0.455 e. The van der Waals surface area contributed by atoms with Gasteiger partial charge in [0.25, 0.3) is 0 Å². The van der Waals surface area contributed by atoms with Crippen LogP contribution >= 0.6 is 0 Å². The smallest absolute Gasteiger partial charge is 0.333 e. The zero-order valence-corrected chi connectivity index (χ0v) is 11.4. The summed E-state index contributed by atoms with van der Waals surface area (Å²) in [6.07, 6.45) is 10.1. The van der Waals surface area contributed by atoms with Crippen LogP contribution in [0.1, 0.15) is 58.3 Å². The average molecular weight is 248 g/mol. The largest absolute Gasteiger partial charge is 0.455 e. The maximum Gasteiger partial charge on any atom is 0.333 e. The Balaban J connectivity index is 1.79. The first-order valence-corrected chi connectivity index (χ1v) is 7.49. The van der Waals surface area contributed by atoms with E-state index < -0.39 is 0 Å². The van der Waals surface area contributed by atoms with Gasteiger partial charge in [-0.3, -0.25) is 0 Å². The van der Waals surface area contributed by atoms with Gasteiger partial charge in [-0.2, -0.15) is 0 Å². The Morgan fingerprint density at radius 1 is 1.22 bits per heavy atom. The summed E-state index contributed by atoms with van der Waals surface area (Å²) in [5.74, 6) is 2.22. The van der Waals surface area contributed by atoms with Crippen LogP contribution in [-0.2, 0) is 9.53 Å². The van der Waals surface area contributed by atoms with Crippen molar-refractivity contribution in [2.75, 3.05) is 0 Å². The third kappa shape index (κ3) is 1.90. The minimum absolute atomic E-state index is 0.129. The number of rotatable bonds is 3. The molecule has 0 aromatic rings. The van der Waals surface area contributed by atoms with Gasteiger partial charge in [0.2, 0.25) is 0 Å². The van der Waals surface area contributed by atoms with Crippen LogP contribution in [-0.4, -0.2) is 11.6 Å². The summed E-state index contributed by atoms with van der Waals surface area (Å²) in [7, 11) is 0. The van der Waals surface area contributed by atoms with Crippen molar-refractivity contribution in [2.45, 2.75) is 63.9 Å². The van der Waals surface area contributed by atoms with E-state index in [1.807, 2.05) is 0 Å². The van der Waals surface area contributed by atoms with E-state index in [9.17, 15) is 4.79 Å². The Morgan fingerprint density at radius 3 is 2.44 bits per heavy atom. The van der Waals surface area contributed by atoms with Crippen molar-refractivity contribution >= 4 is 5.97 Å². The number of ether oxygens (including phenoxy) is 1. The van der Waals surface area contributed by atoms with Crippen molar-refractivity contribution in [3.8, 4) is 0 Å². The summed E-state index contributed by atoms with van der Waals surface area (Å²) in [6.45, 7) is 5.48. The molecule has 0 aromatic heterocycles. The first-order chi connectivity index (χ1) is 8.61. The number of fused-ring (bicyclic) bond motifs is 2. The number of hydrogen-bond donors (Lipinski definition) is 0. The summed E-state index contributed by atoms with van der Waals surface area (Å²) in [4.78, 5) is 11.9. The van der Waals surface area contributed by atoms with Gasteiger partial charge in [0, 0.05) is 11.5 Å². The summed E-state index contributed by atoms with van der Waals surface area (Å²) in [5, 5.41) is 0. The highest BCUT2D eigenvalue weighted by Gasteiger charge is 2.53. The molecule has 3 aliphatic rings. The van der Waals surface area contributed by atoms with Crippen molar-refractivity contribution in [3.05, 3.63) is 12.2 Å². The predicted molar refractivity (Wildman–Crippen MR) is 71.0 cm³/mol. The molecule has 100 valence electrons. The highest BCUT2D eigenvalue weighted by molar-refractivity contribution is 5.87. The molecule has 3 fully saturated rings. The molecule has 0 N–H and O–H groups in total. The molecule has 2 nitrogen and oxygen atoms in total. The summed E-state index contributed by atoms with van der Waals surface area (Å²) < 4.78 is 5.96. The third-order valence-electron chi connectivity index (χ3n) is 5.51. The fourth-order valence-corrected chi connectivity index (χ4v) is 4.68. The van der Waals surface area contributed by atoms with Gasteiger partial charge in [-0.25, -0.2) is 4.79 Å². The van der Waals surface area contributed by atoms with Gasteiger partial charge in [-0.05, 0) is 63.7 Å². The van der Waals surface area contributed by atoms with Crippen LogP contribution in [0, 0.1) is 17.8 Å². The first kappa shape index (κ1) is 12.3. The van der Waals surface area contributed by atoms with Crippen molar-refractivity contribution in [2.24, 2.45) is 17.8 Å². The molecule has 0 saturated heterocycles. The number of hydrogen-bond acceptors (Lipinski definition) is 2. The van der Waals surface area contributed by atoms with E-state index in [4.69, 9.17) is 4.74 Å². The van der Waals surface area contributed by atoms with E-state index in [0.29, 0.717) is 11.5 Å². The molecule has 3 unspecified atom stereocenters. The zero-order valence-electron chi connectivity index (χ0n) is 11.4. The quantitative estimate of drug-likeness (QED) is 0.560. The van der Waals surface area contributed by atoms with Crippen LogP contribution < -0.4 is 0 Å². The normalized spacial score (nSPS) is 36.8. The molecular weight excluding hydrogens is 224 g/mol. The summed E-state index contributed by atoms with van der Waals surface area (Å²) in [6, 6.07) is 0. The van der Waals surface area contributed by atoms with Crippen molar-refractivity contribution in [1.29, 1.82) is 0 Å². The summed E-state index contributed by atoms with van der Waals surface area (Å²) in [5.41, 5.74) is 0.417. The second kappa shape index (κ2) is 4.40. The van der Waals surface area contributed by atoms with E-state index in [1.54, 1.807) is 6.92 Å². The molecule has 18 heavy (non-hydrogen) atoms. The Hall–Kier alpha value is -0.790. The highest BCUT2D eigenvalue weighted by Crippen LogP contribution is 2.57. The number of carbonyl (C=O) groups excluding carboxylic acids is 1. The van der Waals surface area contributed by atoms with E-state index in [2.05, 4.69) is 6.58 Å². The molecule has 2 heteroatoms. The van der Waals surface area contributed by atoms with E-state index >= 15 is 0 Å². The molecular formula is C16H24O2. The predicted octanol–water partition coefficient (Wildman–Crippen LogP) is 3.85. The minimum atomic E-state index is -0.167.